The number of nitrogens with two attached hydrogens (primary N) is 1. The summed E-state index contributed by atoms with van der Waals surface area (Å²) in [6, 6.07) is 0.703. The fraction of sp³-hybridized carbons (Fsp3) is 0.676. The Hall–Kier alpha value is -2.66. The number of phenols is 1. The summed E-state index contributed by atoms with van der Waals surface area (Å²) in [5, 5.41) is 23.4. The van der Waals surface area contributed by atoms with Gasteiger partial charge in [-0.15, -0.1) is 0 Å². The topological polar surface area (TPSA) is 158 Å². The van der Waals surface area contributed by atoms with E-state index in [9.17, 15) is 34.2 Å². The number of aromatic hydroxyl groups is 1. The van der Waals surface area contributed by atoms with Gasteiger partial charge >= 0.3 is 0 Å². The molecule has 45 heavy (non-hydrogen) atoms. The quantitative estimate of drug-likeness (QED) is 0.397. The first-order valence-electron chi connectivity index (χ1n) is 16.0. The van der Waals surface area contributed by atoms with Gasteiger partial charge in [0.25, 0.3) is 0 Å². The van der Waals surface area contributed by atoms with E-state index in [0.717, 1.165) is 19.4 Å². The van der Waals surface area contributed by atoms with E-state index in [2.05, 4.69) is 32.6 Å². The summed E-state index contributed by atoms with van der Waals surface area (Å²) >= 11 is 7.06. The van der Waals surface area contributed by atoms with Gasteiger partial charge in [-0.1, -0.05) is 39.3 Å². The van der Waals surface area contributed by atoms with Crippen LogP contribution in [0.25, 0.3) is 0 Å². The molecule has 9 atom stereocenters. The number of carbonyl (C=O) groups excluding carboxylic acids is 5. The van der Waals surface area contributed by atoms with E-state index in [1.165, 1.54) is 17.4 Å². The number of halogens is 1. The molecular formula is C34H44ClN3O7. The first kappa shape index (κ1) is 32.3. The fourth-order valence-electron chi connectivity index (χ4n) is 10.2. The number of Topliss-reactive ketones (excluding diaryl/α,β-unsaturated/α-hetero) is 4. The van der Waals surface area contributed by atoms with Gasteiger partial charge in [0.1, 0.15) is 5.75 Å². The van der Waals surface area contributed by atoms with Crippen LogP contribution in [0.2, 0.25) is 5.02 Å². The second kappa shape index (κ2) is 10.4. The lowest BCUT2D eigenvalue weighted by molar-refractivity contribution is -0.181. The molecule has 10 nitrogen and oxygen atoms in total. The molecule has 11 heteroatoms. The van der Waals surface area contributed by atoms with Gasteiger partial charge in [0.2, 0.25) is 5.91 Å². The molecule has 0 saturated heterocycles. The minimum absolute atomic E-state index is 0.0107. The number of primary amides is 1. The van der Waals surface area contributed by atoms with Gasteiger partial charge in [-0.2, -0.15) is 0 Å². The van der Waals surface area contributed by atoms with Crippen molar-refractivity contribution in [2.24, 2.45) is 46.2 Å². The number of fused-ring (bicyclic) bond motifs is 5. The summed E-state index contributed by atoms with van der Waals surface area (Å²) in [4.78, 5) is 70.9. The molecule has 1 amide bonds. The van der Waals surface area contributed by atoms with Gasteiger partial charge < -0.3 is 15.9 Å². The number of amides is 1. The van der Waals surface area contributed by atoms with Gasteiger partial charge in [0, 0.05) is 23.5 Å². The molecule has 4 unspecified atom stereocenters. The minimum atomic E-state index is -2.75. The molecule has 0 aromatic heterocycles. The largest absolute Gasteiger partial charge is 0.507 e. The lowest BCUT2D eigenvalue weighted by atomic mass is 9.52. The van der Waals surface area contributed by atoms with Gasteiger partial charge in [0.05, 0.1) is 17.5 Å². The predicted molar refractivity (Wildman–Crippen MR) is 165 cm³/mol. The molecule has 5 aliphatic rings. The fourth-order valence-corrected chi connectivity index (χ4v) is 10.5. The van der Waals surface area contributed by atoms with E-state index in [1.807, 2.05) is 0 Å². The number of aliphatic hydroxyl groups is 1. The number of ketones is 4. The number of nitrogens with zero attached hydrogens (tertiary/aromatic N) is 2. The lowest BCUT2D eigenvalue weighted by Gasteiger charge is -2.52. The maximum Gasteiger partial charge on any atom is 0.235 e. The summed E-state index contributed by atoms with van der Waals surface area (Å²) in [5.41, 5.74) is 4.06. The third-order valence-corrected chi connectivity index (χ3v) is 13.5. The maximum atomic E-state index is 14.0. The third-order valence-electron chi connectivity index (χ3n) is 13.0. The molecule has 4 fully saturated rings. The highest BCUT2D eigenvalue weighted by molar-refractivity contribution is 6.34. The molecular weight excluding hydrogens is 598 g/mol. The predicted octanol–water partition coefficient (Wildman–Crippen LogP) is 2.56. The molecule has 5 aliphatic carbocycles. The lowest BCUT2D eigenvalue weighted by Crippen LogP contribution is -2.74. The molecule has 6 rings (SSSR count). The van der Waals surface area contributed by atoms with Gasteiger partial charge in [-0.25, -0.2) is 0 Å². The highest BCUT2D eigenvalue weighted by Crippen LogP contribution is 2.66. The second-order valence-corrected chi connectivity index (χ2v) is 15.6. The van der Waals surface area contributed by atoms with Crippen LogP contribution in [0.15, 0.2) is 6.07 Å². The summed E-state index contributed by atoms with van der Waals surface area (Å²) in [7, 11) is 3.13. The van der Waals surface area contributed by atoms with Crippen molar-refractivity contribution in [3.8, 4) is 5.75 Å². The van der Waals surface area contributed by atoms with Crippen molar-refractivity contribution in [2.75, 3.05) is 20.6 Å². The van der Waals surface area contributed by atoms with Crippen LogP contribution in [0, 0.1) is 40.4 Å². The minimum Gasteiger partial charge on any atom is -0.507 e. The van der Waals surface area contributed by atoms with E-state index < -0.39 is 64.4 Å². The first-order chi connectivity index (χ1) is 20.9. The van der Waals surface area contributed by atoms with Gasteiger partial charge in [-0.05, 0) is 92.6 Å². The van der Waals surface area contributed by atoms with Crippen LogP contribution in [-0.2, 0) is 32.1 Å². The standard InChI is InChI=1S/C34H44ClN3O7/c1-7-38(21-13-17-8-9-33(21,4)32(17,2)3)14-16-12-20(39)23-18(25(16)35)10-15-11-19-26(37(5)6)28(41)24(31(36)44)30(43)34(19,45)29(42)22(15)27(23)40/h12,15,17,19,21-22,24,26,39,45H,7-11,13-14H2,1-6H3,(H2,36,44)/t15-,17?,19-,21+,22?,24?,26-,33?,34-/m0/s1. The summed E-state index contributed by atoms with van der Waals surface area (Å²) in [6.07, 6.45) is 3.62. The summed E-state index contributed by atoms with van der Waals surface area (Å²) < 4.78 is 0. The molecule has 0 spiro atoms. The molecule has 0 aliphatic heterocycles. The zero-order valence-corrected chi connectivity index (χ0v) is 27.6. The first-order valence-corrected chi connectivity index (χ1v) is 16.4. The van der Waals surface area contributed by atoms with Crippen LogP contribution < -0.4 is 5.73 Å². The molecule has 2 bridgehead atoms. The van der Waals surface area contributed by atoms with Crippen LogP contribution in [0.5, 0.6) is 5.75 Å². The zero-order chi connectivity index (χ0) is 33.1. The molecule has 1 aromatic carbocycles. The molecule has 4 saturated carbocycles. The number of carbonyl (C=O) groups is 5. The van der Waals surface area contributed by atoms with Crippen molar-refractivity contribution in [3.05, 3.63) is 27.8 Å². The Labute approximate surface area is 268 Å². The second-order valence-electron chi connectivity index (χ2n) is 15.2. The average molecular weight is 642 g/mol. The third kappa shape index (κ3) is 4.14. The van der Waals surface area contributed by atoms with Crippen molar-refractivity contribution in [1.82, 2.24) is 9.80 Å². The summed E-state index contributed by atoms with van der Waals surface area (Å²) in [5.74, 6) is -10.0. The molecule has 244 valence electrons. The van der Waals surface area contributed by atoms with Crippen LogP contribution >= 0.6 is 11.6 Å². The van der Waals surface area contributed by atoms with E-state index in [1.54, 1.807) is 14.1 Å². The van der Waals surface area contributed by atoms with Gasteiger partial charge in [0.15, 0.2) is 34.7 Å². The Morgan fingerprint density at radius 2 is 1.78 bits per heavy atom. The number of hydrogen-bond donors (Lipinski definition) is 3. The number of hydrogen-bond acceptors (Lipinski definition) is 9. The van der Waals surface area contributed by atoms with Crippen molar-refractivity contribution >= 4 is 40.6 Å². The number of benzene rings is 1. The van der Waals surface area contributed by atoms with E-state index in [4.69, 9.17) is 17.3 Å². The number of likely N-dealkylation sites (N-methyl/N-ethyl adjacent to an activating group) is 1. The Kier molecular flexibility index (Phi) is 7.48. The smallest absolute Gasteiger partial charge is 0.235 e. The molecule has 0 heterocycles. The summed E-state index contributed by atoms with van der Waals surface area (Å²) in [6.45, 7) is 10.5. The van der Waals surface area contributed by atoms with Crippen LogP contribution in [0.4, 0.5) is 0 Å². The molecule has 0 radical (unpaired) electrons. The number of phenolic OH excluding ortho intramolecular Hbond substituents is 1. The molecule has 1 aromatic rings. The highest BCUT2D eigenvalue weighted by Gasteiger charge is 2.69. The van der Waals surface area contributed by atoms with Crippen molar-refractivity contribution in [2.45, 2.75) is 84.0 Å². The van der Waals surface area contributed by atoms with Crippen LogP contribution in [0.1, 0.15) is 74.9 Å². The van der Waals surface area contributed by atoms with Crippen molar-refractivity contribution < 1.29 is 34.2 Å². The Morgan fingerprint density at radius 3 is 2.31 bits per heavy atom. The van der Waals surface area contributed by atoms with Crippen molar-refractivity contribution in [3.63, 3.8) is 0 Å². The Balaban J connectivity index is 1.37. The average Bonchev–Trinajstić information content (AvgIpc) is 3.29. The normalized spacial score (nSPS) is 38.5. The van der Waals surface area contributed by atoms with Crippen molar-refractivity contribution in [1.29, 1.82) is 0 Å². The Morgan fingerprint density at radius 1 is 1.11 bits per heavy atom. The van der Waals surface area contributed by atoms with E-state index in [-0.39, 0.29) is 35.0 Å². The van der Waals surface area contributed by atoms with Crippen LogP contribution in [0.3, 0.4) is 0 Å². The highest BCUT2D eigenvalue weighted by atomic mass is 35.5. The Bertz CT molecular complexity index is 1540. The van der Waals surface area contributed by atoms with Gasteiger partial charge in [-0.3, -0.25) is 33.8 Å². The maximum absolute atomic E-state index is 14.0. The number of rotatable bonds is 6. The van der Waals surface area contributed by atoms with Crippen LogP contribution in [-0.4, -0.2) is 87.4 Å². The zero-order valence-electron chi connectivity index (χ0n) is 26.9. The monoisotopic (exact) mass is 641 g/mol. The van der Waals surface area contributed by atoms with E-state index >= 15 is 0 Å². The SMILES string of the molecule is CCN(Cc1cc(O)c2c(c1Cl)C[C@H]1C[C@H]3[C@H](N(C)C)C(=O)C(C(N)=O)C(=O)[C@@]3(O)C(=O)C1C2=O)[C@@H]1CC2CCC1(C)C2(C)C. The molecule has 4 N–H and O–H groups in total. The van der Waals surface area contributed by atoms with E-state index in [0.29, 0.717) is 34.7 Å².